The van der Waals surface area contributed by atoms with Crippen LogP contribution in [0.5, 0.6) is 0 Å². The Morgan fingerprint density at radius 1 is 1.00 bits per heavy atom. The molecule has 0 aliphatic heterocycles. The Labute approximate surface area is 166 Å². The van der Waals surface area contributed by atoms with Gasteiger partial charge in [-0.1, -0.05) is 12.1 Å². The predicted octanol–water partition coefficient (Wildman–Crippen LogP) is 3.59. The number of carbonyl (C=O) groups excluding carboxylic acids is 1. The van der Waals surface area contributed by atoms with Gasteiger partial charge in [-0.15, -0.1) is 0 Å². The van der Waals surface area contributed by atoms with Crippen LogP contribution in [0.15, 0.2) is 84.2 Å². The van der Waals surface area contributed by atoms with E-state index < -0.39 is 5.91 Å². The molecule has 29 heavy (non-hydrogen) atoms. The lowest BCUT2D eigenvalue weighted by atomic mass is 10.1. The van der Waals surface area contributed by atoms with E-state index in [1.54, 1.807) is 54.9 Å². The summed E-state index contributed by atoms with van der Waals surface area (Å²) in [5.74, 6) is 0.778. The van der Waals surface area contributed by atoms with E-state index in [-0.39, 0.29) is 0 Å². The van der Waals surface area contributed by atoms with Crippen LogP contribution in [0.3, 0.4) is 0 Å². The number of hydroxylamine groups is 1. The number of carbonyl (C=O) groups is 1. The van der Waals surface area contributed by atoms with Crippen LogP contribution in [0.25, 0.3) is 11.1 Å². The molecule has 2 N–H and O–H groups in total. The molecule has 144 valence electrons. The van der Waals surface area contributed by atoms with Crippen molar-refractivity contribution in [3.63, 3.8) is 0 Å². The second-order valence-corrected chi connectivity index (χ2v) is 6.20. The number of pyridine rings is 1. The van der Waals surface area contributed by atoms with Crippen molar-refractivity contribution >= 4 is 17.5 Å². The van der Waals surface area contributed by atoms with Gasteiger partial charge in [0, 0.05) is 29.7 Å². The van der Waals surface area contributed by atoms with Gasteiger partial charge in [-0.2, -0.15) is 0 Å². The molecule has 0 radical (unpaired) electrons. The lowest BCUT2D eigenvalue weighted by Crippen LogP contribution is -2.20. The fraction of sp³-hybridized carbons (Fsp3) is 0.0476. The summed E-state index contributed by atoms with van der Waals surface area (Å²) in [5.41, 5.74) is 4.84. The number of nitrogens with zero attached hydrogens (tertiary/aromatic N) is 4. The number of benzene rings is 1. The van der Waals surface area contributed by atoms with Gasteiger partial charge in [0.05, 0.1) is 25.3 Å². The molecule has 1 amide bonds. The SMILES string of the molecule is O=C(NO)c1ccc(CN(c2cnccn2)c2cc(-c3ccoc3)ccn2)cc1. The second kappa shape index (κ2) is 8.32. The molecule has 3 heterocycles. The molecule has 0 unspecified atom stereocenters. The summed E-state index contributed by atoms with van der Waals surface area (Å²) in [6.45, 7) is 0.460. The van der Waals surface area contributed by atoms with Crippen LogP contribution in [0.4, 0.5) is 11.6 Å². The zero-order valence-corrected chi connectivity index (χ0v) is 15.3. The van der Waals surface area contributed by atoms with Crippen LogP contribution in [0.1, 0.15) is 15.9 Å². The molecule has 4 rings (SSSR count). The molecular weight excluding hydrogens is 370 g/mol. The van der Waals surface area contributed by atoms with Crippen molar-refractivity contribution in [2.75, 3.05) is 4.90 Å². The van der Waals surface area contributed by atoms with E-state index in [1.807, 2.05) is 35.2 Å². The van der Waals surface area contributed by atoms with Crippen LogP contribution in [-0.4, -0.2) is 26.1 Å². The molecule has 0 saturated heterocycles. The highest BCUT2D eigenvalue weighted by molar-refractivity contribution is 5.93. The summed E-state index contributed by atoms with van der Waals surface area (Å²) < 4.78 is 5.18. The van der Waals surface area contributed by atoms with E-state index >= 15 is 0 Å². The minimum absolute atomic E-state index is 0.363. The van der Waals surface area contributed by atoms with Crippen LogP contribution in [0, 0.1) is 0 Å². The lowest BCUT2D eigenvalue weighted by Gasteiger charge is -2.23. The van der Waals surface area contributed by atoms with Gasteiger partial charge in [0.15, 0.2) is 5.82 Å². The molecule has 0 spiro atoms. The van der Waals surface area contributed by atoms with E-state index in [9.17, 15) is 4.79 Å². The van der Waals surface area contributed by atoms with E-state index in [1.165, 1.54) is 0 Å². The Balaban J connectivity index is 1.68. The first-order valence-electron chi connectivity index (χ1n) is 8.80. The van der Waals surface area contributed by atoms with E-state index in [2.05, 4.69) is 15.0 Å². The van der Waals surface area contributed by atoms with Crippen LogP contribution in [-0.2, 0) is 6.54 Å². The molecule has 0 bridgehead atoms. The molecule has 0 aliphatic carbocycles. The number of rotatable bonds is 6. The van der Waals surface area contributed by atoms with Gasteiger partial charge in [0.1, 0.15) is 5.82 Å². The first-order chi connectivity index (χ1) is 14.2. The minimum atomic E-state index is -0.559. The summed E-state index contributed by atoms with van der Waals surface area (Å²) in [5, 5.41) is 8.77. The fourth-order valence-electron chi connectivity index (χ4n) is 2.89. The molecule has 3 aromatic heterocycles. The van der Waals surface area contributed by atoms with E-state index in [4.69, 9.17) is 9.62 Å². The fourth-order valence-corrected chi connectivity index (χ4v) is 2.89. The largest absolute Gasteiger partial charge is 0.472 e. The highest BCUT2D eigenvalue weighted by atomic mass is 16.5. The third-order valence-corrected chi connectivity index (χ3v) is 4.36. The van der Waals surface area contributed by atoms with Crippen LogP contribution >= 0.6 is 0 Å². The first-order valence-corrected chi connectivity index (χ1v) is 8.80. The van der Waals surface area contributed by atoms with Gasteiger partial charge in [-0.3, -0.25) is 15.0 Å². The smallest absolute Gasteiger partial charge is 0.274 e. The molecular formula is C21H17N5O3. The number of nitrogens with one attached hydrogen (secondary N) is 1. The molecule has 0 fully saturated rings. The van der Waals surface area contributed by atoms with E-state index in [0.717, 1.165) is 16.7 Å². The lowest BCUT2D eigenvalue weighted by molar-refractivity contribution is 0.0706. The summed E-state index contributed by atoms with van der Waals surface area (Å²) >= 11 is 0. The highest BCUT2D eigenvalue weighted by Crippen LogP contribution is 2.28. The first kappa shape index (κ1) is 18.3. The van der Waals surface area contributed by atoms with Crippen LogP contribution < -0.4 is 10.4 Å². The molecule has 0 aliphatic rings. The van der Waals surface area contributed by atoms with Crippen molar-refractivity contribution in [1.82, 2.24) is 20.4 Å². The molecule has 4 aromatic rings. The number of aromatic nitrogens is 3. The molecule has 0 atom stereocenters. The zero-order valence-electron chi connectivity index (χ0n) is 15.3. The minimum Gasteiger partial charge on any atom is -0.472 e. The Morgan fingerprint density at radius 2 is 1.83 bits per heavy atom. The normalized spacial score (nSPS) is 10.5. The van der Waals surface area contributed by atoms with Gasteiger partial charge < -0.3 is 9.32 Å². The number of furan rings is 1. The average Bonchev–Trinajstić information content (AvgIpc) is 3.33. The molecule has 0 saturated carbocycles. The monoisotopic (exact) mass is 387 g/mol. The van der Waals surface area contributed by atoms with Crippen molar-refractivity contribution in [3.05, 3.63) is 90.9 Å². The third kappa shape index (κ3) is 4.12. The predicted molar refractivity (Wildman–Crippen MR) is 106 cm³/mol. The number of anilines is 2. The van der Waals surface area contributed by atoms with Crippen molar-refractivity contribution in [2.24, 2.45) is 0 Å². The number of hydrogen-bond donors (Lipinski definition) is 2. The van der Waals surface area contributed by atoms with Gasteiger partial charge >= 0.3 is 0 Å². The third-order valence-electron chi connectivity index (χ3n) is 4.36. The van der Waals surface area contributed by atoms with Gasteiger partial charge in [0.2, 0.25) is 0 Å². The molecule has 8 heteroatoms. The van der Waals surface area contributed by atoms with Gasteiger partial charge in [-0.05, 0) is 41.5 Å². The van der Waals surface area contributed by atoms with Crippen molar-refractivity contribution in [3.8, 4) is 11.1 Å². The summed E-state index contributed by atoms with van der Waals surface area (Å²) in [7, 11) is 0. The summed E-state index contributed by atoms with van der Waals surface area (Å²) in [6, 6.07) is 12.7. The van der Waals surface area contributed by atoms with Gasteiger partial charge in [0.25, 0.3) is 5.91 Å². The quantitative estimate of drug-likeness (QED) is 0.385. The standard InChI is InChI=1S/C21H17N5O3/c27-21(25-28)16-3-1-15(2-4-16)13-26(20-12-22-8-9-24-20)19-11-17(5-7-23-19)18-6-10-29-14-18/h1-12,14,28H,13H2,(H,25,27). The Hall–Kier alpha value is -4.04. The molecule has 1 aromatic carbocycles. The maximum atomic E-state index is 11.5. The number of hydrogen-bond acceptors (Lipinski definition) is 7. The molecule has 8 nitrogen and oxygen atoms in total. The highest BCUT2D eigenvalue weighted by Gasteiger charge is 2.15. The van der Waals surface area contributed by atoms with Gasteiger partial charge in [-0.25, -0.2) is 15.4 Å². The summed E-state index contributed by atoms with van der Waals surface area (Å²) in [4.78, 5) is 26.5. The van der Waals surface area contributed by atoms with Crippen molar-refractivity contribution in [1.29, 1.82) is 0 Å². The summed E-state index contributed by atoms with van der Waals surface area (Å²) in [6.07, 6.45) is 9.93. The maximum Gasteiger partial charge on any atom is 0.274 e. The zero-order chi connectivity index (χ0) is 20.1. The Morgan fingerprint density at radius 3 is 2.52 bits per heavy atom. The van der Waals surface area contributed by atoms with Crippen LogP contribution in [0.2, 0.25) is 0 Å². The number of amides is 1. The van der Waals surface area contributed by atoms with Crippen molar-refractivity contribution < 1.29 is 14.4 Å². The maximum absolute atomic E-state index is 11.5. The topological polar surface area (TPSA) is 104 Å². The average molecular weight is 387 g/mol. The Kier molecular flexibility index (Phi) is 5.26. The Bertz CT molecular complexity index is 1080. The second-order valence-electron chi connectivity index (χ2n) is 6.20. The van der Waals surface area contributed by atoms with E-state index in [0.29, 0.717) is 23.7 Å². The van der Waals surface area contributed by atoms with Crippen molar-refractivity contribution in [2.45, 2.75) is 6.54 Å².